The summed E-state index contributed by atoms with van der Waals surface area (Å²) in [6, 6.07) is 0. The molecule has 2 heteroatoms. The summed E-state index contributed by atoms with van der Waals surface area (Å²) >= 11 is -1.55. The van der Waals surface area contributed by atoms with Crippen LogP contribution in [0.5, 0.6) is 0 Å². The Kier molecular flexibility index (Phi) is 0.994. The second-order valence-electron chi connectivity index (χ2n) is 1.76. The van der Waals surface area contributed by atoms with Gasteiger partial charge in [-0.25, -0.2) is 0 Å². The summed E-state index contributed by atoms with van der Waals surface area (Å²) in [5.74, 6) is 0. The second-order valence-corrected chi connectivity index (χ2v) is 9.80. The zero-order chi connectivity index (χ0) is 4.62. The van der Waals surface area contributed by atoms with Gasteiger partial charge in [-0.2, -0.15) is 0 Å². The van der Waals surface area contributed by atoms with Crippen LogP contribution in [0.1, 0.15) is 6.42 Å². The Morgan fingerprint density at radius 2 is 1.83 bits per heavy atom. The van der Waals surface area contributed by atoms with E-state index in [9.17, 15) is 0 Å². The van der Waals surface area contributed by atoms with Crippen molar-refractivity contribution in [3.63, 3.8) is 0 Å². The van der Waals surface area contributed by atoms with E-state index >= 15 is 0 Å². The molecule has 0 aromatic rings. The van der Waals surface area contributed by atoms with Gasteiger partial charge in [0.1, 0.15) is 0 Å². The van der Waals surface area contributed by atoms with Crippen LogP contribution in [0, 0.1) is 0 Å². The molecule has 0 radical (unpaired) electrons. The van der Waals surface area contributed by atoms with Crippen molar-refractivity contribution >= 4 is 22.7 Å². The Bertz CT molecular complexity index is 89.7. The summed E-state index contributed by atoms with van der Waals surface area (Å²) in [6.45, 7) is 0. The molecule has 0 saturated carbocycles. The molecule has 1 rings (SSSR count). The summed E-state index contributed by atoms with van der Waals surface area (Å²) < 4.78 is 12.2. The average Bonchev–Trinajstić information content (AvgIpc) is 1.32. The summed E-state index contributed by atoms with van der Waals surface area (Å²) in [5, 5.41) is 0. The van der Waals surface area contributed by atoms with Crippen molar-refractivity contribution in [3.05, 3.63) is 0 Å². The van der Waals surface area contributed by atoms with Gasteiger partial charge in [-0.15, -0.1) is 0 Å². The van der Waals surface area contributed by atoms with Crippen LogP contribution in [-0.2, 0) is 0 Å². The zero-order valence-corrected chi connectivity index (χ0v) is 5.94. The molecule has 6 heavy (non-hydrogen) atoms. The Labute approximate surface area is 42.3 Å². The fourth-order valence-electron chi connectivity index (χ4n) is 0.477. The van der Waals surface area contributed by atoms with Crippen molar-refractivity contribution in [3.8, 4) is 0 Å². The van der Waals surface area contributed by atoms with Crippen molar-refractivity contribution < 1.29 is 0 Å². The first-order chi connectivity index (χ1) is 2.71. The number of nitrogens with two attached hydrogens (primary N) is 1. The van der Waals surface area contributed by atoms with Crippen molar-refractivity contribution in [1.82, 2.24) is 0 Å². The van der Waals surface area contributed by atoms with Crippen molar-refractivity contribution in [1.29, 1.82) is 0 Å². The van der Waals surface area contributed by atoms with Crippen molar-refractivity contribution in [2.45, 2.75) is 6.42 Å². The monoisotopic (exact) mass is 199 g/mol. The zero-order valence-electron chi connectivity index (χ0n) is 3.78. The SMILES string of the molecule is C=I1(N)CCC1. The molecule has 0 spiro atoms. The Morgan fingerprint density at radius 3 is 1.83 bits per heavy atom. The van der Waals surface area contributed by atoms with Crippen LogP contribution < -0.4 is 3.95 Å². The molecule has 38 valence electrons. The van der Waals surface area contributed by atoms with Crippen LogP contribution in [0.15, 0.2) is 0 Å². The first-order valence-electron chi connectivity index (χ1n) is 2.02. The molecule has 1 heterocycles. The minimum atomic E-state index is -1.55. The van der Waals surface area contributed by atoms with Crippen LogP contribution in [0.2, 0.25) is 0 Å². The van der Waals surface area contributed by atoms with E-state index in [1.807, 2.05) is 0 Å². The summed E-state index contributed by atoms with van der Waals surface area (Å²) in [4.78, 5) is 0. The van der Waals surface area contributed by atoms with Gasteiger partial charge in [0.2, 0.25) is 0 Å². The molecule has 0 unspecified atom stereocenters. The van der Waals surface area contributed by atoms with Gasteiger partial charge < -0.3 is 0 Å². The molecule has 0 aromatic carbocycles. The summed E-state index contributed by atoms with van der Waals surface area (Å²) in [7, 11) is 0. The minimum absolute atomic E-state index is 1.30. The molecule has 0 aromatic heterocycles. The predicted molar refractivity (Wildman–Crippen MR) is 39.7 cm³/mol. The molecule has 0 bridgehead atoms. The number of hydrogen-bond acceptors (Lipinski definition) is 1. The second kappa shape index (κ2) is 1.26. The first-order valence-corrected chi connectivity index (χ1v) is 7.84. The normalized spacial score (nSPS) is 34.2. The average molecular weight is 199 g/mol. The van der Waals surface area contributed by atoms with Gasteiger partial charge in [0.05, 0.1) is 0 Å². The van der Waals surface area contributed by atoms with Gasteiger partial charge >= 0.3 is 42.0 Å². The quantitative estimate of drug-likeness (QED) is 0.347. The third kappa shape index (κ3) is 0.789. The van der Waals surface area contributed by atoms with Crippen LogP contribution in [0.25, 0.3) is 0 Å². The first kappa shape index (κ1) is 4.71. The maximum absolute atomic E-state index is 5.69. The van der Waals surface area contributed by atoms with E-state index < -0.39 is 18.2 Å². The van der Waals surface area contributed by atoms with Crippen molar-refractivity contribution in [2.75, 3.05) is 8.86 Å². The van der Waals surface area contributed by atoms with E-state index in [1.54, 1.807) is 0 Å². The molecule has 1 fully saturated rings. The summed E-state index contributed by atoms with van der Waals surface area (Å²) in [6.07, 6.45) is 1.36. The molecule has 0 atom stereocenters. The van der Waals surface area contributed by atoms with E-state index in [2.05, 4.69) is 4.51 Å². The molecule has 2 N–H and O–H groups in total. The maximum atomic E-state index is 5.69. The van der Waals surface area contributed by atoms with Crippen molar-refractivity contribution in [2.24, 2.45) is 3.95 Å². The molecule has 0 amide bonds. The number of rotatable bonds is 0. The van der Waals surface area contributed by atoms with Gasteiger partial charge in [-0.1, -0.05) is 0 Å². The third-order valence-corrected chi connectivity index (χ3v) is 6.84. The van der Waals surface area contributed by atoms with Gasteiger partial charge in [-0.3, -0.25) is 0 Å². The van der Waals surface area contributed by atoms with E-state index in [0.29, 0.717) is 0 Å². The molecule has 1 aliphatic rings. The molecule has 0 aliphatic carbocycles. The fourth-order valence-corrected chi connectivity index (χ4v) is 3.20. The third-order valence-electron chi connectivity index (χ3n) is 1.02. The van der Waals surface area contributed by atoms with E-state index in [-0.39, 0.29) is 0 Å². The number of alkyl halides is 2. The molecular weight excluding hydrogens is 189 g/mol. The summed E-state index contributed by atoms with van der Waals surface area (Å²) in [5.41, 5.74) is 0. The number of hydrogen-bond donors (Lipinski definition) is 1. The Balaban J connectivity index is 2.53. The Morgan fingerprint density at radius 1 is 1.50 bits per heavy atom. The van der Waals surface area contributed by atoms with Crippen LogP contribution in [0.3, 0.4) is 0 Å². The van der Waals surface area contributed by atoms with E-state index in [1.165, 1.54) is 15.3 Å². The predicted octanol–water partition coefficient (Wildman–Crippen LogP) is 0.738. The van der Waals surface area contributed by atoms with Crippen LogP contribution in [0.4, 0.5) is 0 Å². The van der Waals surface area contributed by atoms with Gasteiger partial charge in [0.15, 0.2) is 0 Å². The van der Waals surface area contributed by atoms with E-state index in [4.69, 9.17) is 3.95 Å². The van der Waals surface area contributed by atoms with Crippen LogP contribution in [-0.4, -0.2) is 13.4 Å². The van der Waals surface area contributed by atoms with Gasteiger partial charge in [-0.05, 0) is 0 Å². The molecule has 1 saturated heterocycles. The standard InChI is InChI=1S/C4H10IN/c1-5(6)3-2-4-5/h1-4,6H2. The molecule has 1 nitrogen and oxygen atoms in total. The topological polar surface area (TPSA) is 26.0 Å². The molecule has 1 aliphatic heterocycles. The Hall–Kier alpha value is 0.560. The van der Waals surface area contributed by atoms with Gasteiger partial charge in [0, 0.05) is 0 Å². The van der Waals surface area contributed by atoms with E-state index in [0.717, 1.165) is 0 Å². The van der Waals surface area contributed by atoms with Crippen LogP contribution >= 0.6 is 18.2 Å². The number of halogens is 1. The molecular formula is C4H10IN. The fraction of sp³-hybridized carbons (Fsp3) is 0.750. The van der Waals surface area contributed by atoms with Gasteiger partial charge in [0.25, 0.3) is 0 Å².